The van der Waals surface area contributed by atoms with Crippen molar-refractivity contribution in [2.75, 3.05) is 33.5 Å². The van der Waals surface area contributed by atoms with Gasteiger partial charge in [-0.1, -0.05) is 60.4 Å². The van der Waals surface area contributed by atoms with E-state index in [1.165, 1.54) is 22.3 Å². The number of carbonyl (C=O) groups is 1. The summed E-state index contributed by atoms with van der Waals surface area (Å²) in [6.45, 7) is 1.55. The lowest BCUT2D eigenvalue weighted by molar-refractivity contribution is 0.144. The summed E-state index contributed by atoms with van der Waals surface area (Å²) in [5.41, 5.74) is 5.64. The Bertz CT molecular complexity index is 1080. The summed E-state index contributed by atoms with van der Waals surface area (Å²) in [7, 11) is 1.64. The standard InChI is InChI=1S/C27H25NO4/c1-30-17-18-31-21-14-12-20(13-15-21)7-6-16-28-27(29)32-19-26-24-10-4-2-8-22(24)23-9-3-5-11-25(23)26/h2-5,8-15,26H,16-19H2,1H3,(H,28,29). The number of carbonyl (C=O) groups excluding carboxylic acids is 1. The number of nitrogens with one attached hydrogen (secondary N) is 1. The molecule has 1 aliphatic carbocycles. The molecule has 0 saturated heterocycles. The van der Waals surface area contributed by atoms with Crippen LogP contribution in [0.4, 0.5) is 4.79 Å². The molecule has 32 heavy (non-hydrogen) atoms. The van der Waals surface area contributed by atoms with E-state index in [4.69, 9.17) is 14.2 Å². The van der Waals surface area contributed by atoms with Gasteiger partial charge in [-0.25, -0.2) is 4.79 Å². The Hall–Kier alpha value is -3.75. The van der Waals surface area contributed by atoms with E-state index in [1.807, 2.05) is 48.5 Å². The number of rotatable bonds is 7. The molecule has 0 spiro atoms. The lowest BCUT2D eigenvalue weighted by Crippen LogP contribution is -2.26. The van der Waals surface area contributed by atoms with Crippen LogP contribution in [-0.4, -0.2) is 39.6 Å². The number of fused-ring (bicyclic) bond motifs is 3. The van der Waals surface area contributed by atoms with Gasteiger partial charge < -0.3 is 19.5 Å². The quantitative estimate of drug-likeness (QED) is 0.442. The SMILES string of the molecule is COCCOc1ccc(C#CCNC(=O)OCC2c3ccccc3-c3ccccc32)cc1. The van der Waals surface area contributed by atoms with Gasteiger partial charge in [0.15, 0.2) is 0 Å². The fourth-order valence-corrected chi connectivity index (χ4v) is 3.79. The molecule has 3 aromatic carbocycles. The Morgan fingerprint density at radius 3 is 2.22 bits per heavy atom. The van der Waals surface area contributed by atoms with Crippen LogP contribution in [0, 0.1) is 11.8 Å². The fraction of sp³-hybridized carbons (Fsp3) is 0.222. The van der Waals surface area contributed by atoms with Crippen LogP contribution < -0.4 is 10.1 Å². The van der Waals surface area contributed by atoms with Gasteiger partial charge in [-0.05, 0) is 46.5 Å². The highest BCUT2D eigenvalue weighted by molar-refractivity contribution is 5.79. The Morgan fingerprint density at radius 2 is 1.56 bits per heavy atom. The predicted octanol–water partition coefficient (Wildman–Crippen LogP) is 4.60. The normalized spacial score (nSPS) is 11.7. The highest BCUT2D eigenvalue weighted by Crippen LogP contribution is 2.44. The van der Waals surface area contributed by atoms with Crippen molar-refractivity contribution < 1.29 is 19.0 Å². The minimum Gasteiger partial charge on any atom is -0.491 e. The Kier molecular flexibility index (Phi) is 7.06. The molecule has 0 aromatic heterocycles. The van der Waals surface area contributed by atoms with Gasteiger partial charge in [0.05, 0.1) is 13.2 Å². The maximum atomic E-state index is 12.2. The number of alkyl carbamates (subject to hydrolysis) is 1. The Balaban J connectivity index is 1.26. The third-order valence-corrected chi connectivity index (χ3v) is 5.31. The molecule has 0 radical (unpaired) electrons. The van der Waals surface area contributed by atoms with Gasteiger partial charge in [0.2, 0.25) is 0 Å². The first-order valence-electron chi connectivity index (χ1n) is 10.6. The number of amides is 1. The number of methoxy groups -OCH3 is 1. The van der Waals surface area contributed by atoms with E-state index >= 15 is 0 Å². The molecule has 5 nitrogen and oxygen atoms in total. The molecule has 0 saturated carbocycles. The molecular formula is C27H25NO4. The minimum atomic E-state index is -0.469. The topological polar surface area (TPSA) is 56.8 Å². The zero-order valence-electron chi connectivity index (χ0n) is 18.0. The third-order valence-electron chi connectivity index (χ3n) is 5.31. The number of ether oxygens (including phenoxy) is 3. The number of hydrogen-bond donors (Lipinski definition) is 1. The molecule has 0 aliphatic heterocycles. The van der Waals surface area contributed by atoms with Gasteiger partial charge in [-0.3, -0.25) is 0 Å². The first-order chi connectivity index (χ1) is 15.8. The van der Waals surface area contributed by atoms with Crippen LogP contribution in [0.5, 0.6) is 5.75 Å². The number of benzene rings is 3. The molecule has 1 N–H and O–H groups in total. The lowest BCUT2D eigenvalue weighted by Gasteiger charge is -2.14. The second-order valence-corrected chi connectivity index (χ2v) is 7.35. The maximum absolute atomic E-state index is 12.2. The summed E-state index contributed by atoms with van der Waals surface area (Å²) in [4.78, 5) is 12.2. The van der Waals surface area contributed by atoms with Gasteiger partial charge in [0.1, 0.15) is 19.0 Å². The van der Waals surface area contributed by atoms with Crippen LogP contribution in [0.2, 0.25) is 0 Å². The average molecular weight is 428 g/mol. The Morgan fingerprint density at radius 1 is 0.906 bits per heavy atom. The summed E-state index contributed by atoms with van der Waals surface area (Å²) < 4.78 is 16.0. The molecule has 1 amide bonds. The summed E-state index contributed by atoms with van der Waals surface area (Å²) in [5.74, 6) is 6.77. The molecular weight excluding hydrogens is 402 g/mol. The molecule has 0 atom stereocenters. The molecule has 0 fully saturated rings. The van der Waals surface area contributed by atoms with Crippen molar-refractivity contribution >= 4 is 6.09 Å². The van der Waals surface area contributed by atoms with Crippen LogP contribution in [-0.2, 0) is 9.47 Å². The smallest absolute Gasteiger partial charge is 0.407 e. The summed E-state index contributed by atoms with van der Waals surface area (Å²) >= 11 is 0. The molecule has 3 aromatic rings. The van der Waals surface area contributed by atoms with Crippen LogP contribution in [0.15, 0.2) is 72.8 Å². The second-order valence-electron chi connectivity index (χ2n) is 7.35. The Labute approximate surface area is 188 Å². The largest absolute Gasteiger partial charge is 0.491 e. The lowest BCUT2D eigenvalue weighted by atomic mass is 9.98. The molecule has 5 heteroatoms. The second kappa shape index (κ2) is 10.5. The van der Waals surface area contributed by atoms with Gasteiger partial charge in [-0.15, -0.1) is 0 Å². The van der Waals surface area contributed by atoms with E-state index in [0.29, 0.717) is 13.2 Å². The summed E-state index contributed by atoms with van der Waals surface area (Å²) in [6, 6.07) is 24.0. The van der Waals surface area contributed by atoms with E-state index in [1.54, 1.807) is 7.11 Å². The van der Waals surface area contributed by atoms with Crippen molar-refractivity contribution in [2.45, 2.75) is 5.92 Å². The van der Waals surface area contributed by atoms with E-state index in [2.05, 4.69) is 41.4 Å². The molecule has 4 rings (SSSR count). The van der Waals surface area contributed by atoms with Crippen LogP contribution in [0.1, 0.15) is 22.6 Å². The van der Waals surface area contributed by atoms with Gasteiger partial charge >= 0.3 is 6.09 Å². The first-order valence-corrected chi connectivity index (χ1v) is 10.6. The molecule has 1 aliphatic rings. The highest BCUT2D eigenvalue weighted by Gasteiger charge is 2.28. The van der Waals surface area contributed by atoms with Crippen molar-refractivity contribution in [2.24, 2.45) is 0 Å². The van der Waals surface area contributed by atoms with Crippen molar-refractivity contribution in [1.82, 2.24) is 5.32 Å². The molecule has 0 heterocycles. The first kappa shape index (κ1) is 21.5. The fourth-order valence-electron chi connectivity index (χ4n) is 3.79. The van der Waals surface area contributed by atoms with Crippen molar-refractivity contribution in [1.29, 1.82) is 0 Å². The van der Waals surface area contributed by atoms with E-state index < -0.39 is 6.09 Å². The van der Waals surface area contributed by atoms with Gasteiger partial charge in [-0.2, -0.15) is 0 Å². The van der Waals surface area contributed by atoms with E-state index in [0.717, 1.165) is 11.3 Å². The monoisotopic (exact) mass is 427 g/mol. The van der Waals surface area contributed by atoms with Crippen molar-refractivity contribution in [3.63, 3.8) is 0 Å². The maximum Gasteiger partial charge on any atom is 0.407 e. The van der Waals surface area contributed by atoms with E-state index in [-0.39, 0.29) is 19.1 Å². The number of hydrogen-bond acceptors (Lipinski definition) is 4. The molecule has 162 valence electrons. The average Bonchev–Trinajstić information content (AvgIpc) is 3.15. The van der Waals surface area contributed by atoms with Crippen LogP contribution >= 0.6 is 0 Å². The zero-order chi connectivity index (χ0) is 22.2. The molecule has 0 bridgehead atoms. The predicted molar refractivity (Wildman–Crippen MR) is 124 cm³/mol. The van der Waals surface area contributed by atoms with E-state index in [9.17, 15) is 4.79 Å². The van der Waals surface area contributed by atoms with Crippen LogP contribution in [0.3, 0.4) is 0 Å². The van der Waals surface area contributed by atoms with Crippen LogP contribution in [0.25, 0.3) is 11.1 Å². The van der Waals surface area contributed by atoms with Gasteiger partial charge in [0.25, 0.3) is 0 Å². The summed E-state index contributed by atoms with van der Waals surface area (Å²) in [5, 5.41) is 2.70. The molecule has 0 unspecified atom stereocenters. The zero-order valence-corrected chi connectivity index (χ0v) is 18.0. The van der Waals surface area contributed by atoms with Crippen molar-refractivity contribution in [3.05, 3.63) is 89.5 Å². The van der Waals surface area contributed by atoms with Crippen molar-refractivity contribution in [3.8, 4) is 28.7 Å². The summed E-state index contributed by atoms with van der Waals surface area (Å²) in [6.07, 6.45) is -0.469. The highest BCUT2D eigenvalue weighted by atomic mass is 16.5. The minimum absolute atomic E-state index is 0.0452. The third kappa shape index (κ3) is 5.11. The van der Waals surface area contributed by atoms with Gasteiger partial charge in [0, 0.05) is 18.6 Å².